The number of aromatic amines is 2. The first-order chi connectivity index (χ1) is 11.5. The van der Waals surface area contributed by atoms with Crippen molar-refractivity contribution in [1.82, 2.24) is 15.2 Å². The predicted octanol–water partition coefficient (Wildman–Crippen LogP) is 4.20. The molecule has 6 nitrogen and oxygen atoms in total. The molecule has 0 atom stereocenters. The largest absolute Gasteiger partial charge is 0.418 e. The minimum Gasteiger partial charge on any atom is -0.295 e. The van der Waals surface area contributed by atoms with Crippen LogP contribution in [0.5, 0.6) is 0 Å². The average Bonchev–Trinajstić information content (AvgIpc) is 2.94. The molecule has 0 aliphatic carbocycles. The highest BCUT2D eigenvalue weighted by molar-refractivity contribution is 5.70. The van der Waals surface area contributed by atoms with Crippen LogP contribution < -0.4 is 5.56 Å². The van der Waals surface area contributed by atoms with Gasteiger partial charge in [0.25, 0.3) is 5.56 Å². The SMILES string of the molecule is O=c1[nH][nH]c(-c2ccncc2)c1N=Nc1ccccc1C(F)(F)F. The van der Waals surface area contributed by atoms with Crippen molar-refractivity contribution in [2.75, 3.05) is 0 Å². The van der Waals surface area contributed by atoms with Gasteiger partial charge in [-0.2, -0.15) is 13.2 Å². The van der Waals surface area contributed by atoms with E-state index in [1.165, 1.54) is 30.6 Å². The van der Waals surface area contributed by atoms with Crippen LogP contribution in [0.15, 0.2) is 63.8 Å². The number of hydrogen-bond donors (Lipinski definition) is 2. The van der Waals surface area contributed by atoms with Crippen LogP contribution in [0.4, 0.5) is 24.5 Å². The Morgan fingerprint density at radius 3 is 2.38 bits per heavy atom. The van der Waals surface area contributed by atoms with Crippen molar-refractivity contribution in [2.24, 2.45) is 10.2 Å². The van der Waals surface area contributed by atoms with Gasteiger partial charge in [-0.1, -0.05) is 12.1 Å². The molecule has 9 heteroatoms. The van der Waals surface area contributed by atoms with E-state index < -0.39 is 17.3 Å². The van der Waals surface area contributed by atoms with Gasteiger partial charge in [0.1, 0.15) is 0 Å². The van der Waals surface area contributed by atoms with Crippen molar-refractivity contribution >= 4 is 11.4 Å². The molecule has 2 aromatic heterocycles. The lowest BCUT2D eigenvalue weighted by atomic mass is 10.2. The molecular weight excluding hydrogens is 323 g/mol. The van der Waals surface area contributed by atoms with Crippen LogP contribution in [-0.4, -0.2) is 15.2 Å². The first kappa shape index (κ1) is 15.7. The number of pyridine rings is 1. The van der Waals surface area contributed by atoms with E-state index in [0.717, 1.165) is 6.07 Å². The third-order valence-electron chi connectivity index (χ3n) is 3.19. The zero-order chi connectivity index (χ0) is 17.2. The van der Waals surface area contributed by atoms with Crippen molar-refractivity contribution < 1.29 is 13.2 Å². The molecule has 0 aliphatic rings. The van der Waals surface area contributed by atoms with Crippen molar-refractivity contribution in [3.8, 4) is 11.3 Å². The number of hydrogen-bond acceptors (Lipinski definition) is 4. The highest BCUT2D eigenvalue weighted by Crippen LogP contribution is 2.37. The molecule has 0 amide bonds. The number of alkyl halides is 3. The zero-order valence-corrected chi connectivity index (χ0v) is 12.0. The Kier molecular flexibility index (Phi) is 3.98. The third-order valence-corrected chi connectivity index (χ3v) is 3.19. The lowest BCUT2D eigenvalue weighted by molar-refractivity contribution is -0.137. The Labute approximate surface area is 133 Å². The number of aromatic nitrogens is 3. The van der Waals surface area contributed by atoms with Crippen molar-refractivity contribution in [1.29, 1.82) is 0 Å². The molecule has 0 saturated carbocycles. The molecule has 0 unspecified atom stereocenters. The van der Waals surface area contributed by atoms with Gasteiger partial charge in [-0.15, -0.1) is 10.2 Å². The summed E-state index contributed by atoms with van der Waals surface area (Å²) in [6.45, 7) is 0. The highest BCUT2D eigenvalue weighted by Gasteiger charge is 2.33. The second kappa shape index (κ2) is 6.11. The maximum atomic E-state index is 13.0. The quantitative estimate of drug-likeness (QED) is 0.704. The molecule has 1 aromatic carbocycles. The van der Waals surface area contributed by atoms with E-state index in [2.05, 4.69) is 25.4 Å². The molecule has 3 rings (SSSR count). The van der Waals surface area contributed by atoms with Gasteiger partial charge in [0.05, 0.1) is 16.9 Å². The standard InChI is InChI=1S/C15H10F3N5O/c16-15(17,18)10-3-1-2-4-11(10)20-22-13-12(21-23-14(13)24)9-5-7-19-8-6-9/h1-8H,(H2,21,23,24). The topological polar surface area (TPSA) is 86.3 Å². The molecule has 0 aliphatic heterocycles. The van der Waals surface area contributed by atoms with Gasteiger partial charge in [-0.3, -0.25) is 20.0 Å². The van der Waals surface area contributed by atoms with Crippen LogP contribution in [0.2, 0.25) is 0 Å². The maximum absolute atomic E-state index is 13.0. The zero-order valence-electron chi connectivity index (χ0n) is 12.0. The van der Waals surface area contributed by atoms with E-state index >= 15 is 0 Å². The summed E-state index contributed by atoms with van der Waals surface area (Å²) in [7, 11) is 0. The molecule has 2 N–H and O–H groups in total. The lowest BCUT2D eigenvalue weighted by Gasteiger charge is -2.08. The van der Waals surface area contributed by atoms with Gasteiger partial charge in [0.2, 0.25) is 0 Å². The molecule has 0 radical (unpaired) electrons. The molecule has 2 heterocycles. The molecule has 122 valence electrons. The van der Waals surface area contributed by atoms with E-state index in [1.54, 1.807) is 12.1 Å². The summed E-state index contributed by atoms with van der Waals surface area (Å²) in [5.74, 6) is 0. The van der Waals surface area contributed by atoms with Gasteiger partial charge >= 0.3 is 6.18 Å². The molecule has 0 saturated heterocycles. The van der Waals surface area contributed by atoms with E-state index in [-0.39, 0.29) is 11.4 Å². The lowest BCUT2D eigenvalue weighted by Crippen LogP contribution is -2.04. The predicted molar refractivity (Wildman–Crippen MR) is 80.3 cm³/mol. The number of azo groups is 1. The highest BCUT2D eigenvalue weighted by atomic mass is 19.4. The van der Waals surface area contributed by atoms with Crippen molar-refractivity contribution in [3.05, 3.63) is 64.7 Å². The van der Waals surface area contributed by atoms with Crippen molar-refractivity contribution in [3.63, 3.8) is 0 Å². The maximum Gasteiger partial charge on any atom is 0.418 e. The fourth-order valence-corrected chi connectivity index (χ4v) is 2.08. The van der Waals surface area contributed by atoms with Crippen LogP contribution in [-0.2, 0) is 6.18 Å². The summed E-state index contributed by atoms with van der Waals surface area (Å²) in [5.41, 5.74) is -1.08. The Balaban J connectivity index is 2.04. The minimum atomic E-state index is -4.56. The van der Waals surface area contributed by atoms with Gasteiger partial charge in [-0.25, -0.2) is 0 Å². The Hall–Kier alpha value is -3.23. The van der Waals surface area contributed by atoms with E-state index in [1.807, 2.05) is 0 Å². The molecular formula is C15H10F3N5O. The third kappa shape index (κ3) is 3.09. The monoisotopic (exact) mass is 333 g/mol. The van der Waals surface area contributed by atoms with Crippen LogP contribution in [0.25, 0.3) is 11.3 Å². The summed E-state index contributed by atoms with van der Waals surface area (Å²) < 4.78 is 38.9. The minimum absolute atomic E-state index is 0.113. The summed E-state index contributed by atoms with van der Waals surface area (Å²) in [6, 6.07) is 8.00. The van der Waals surface area contributed by atoms with E-state index in [9.17, 15) is 18.0 Å². The first-order valence-corrected chi connectivity index (χ1v) is 6.76. The second-order valence-electron chi connectivity index (χ2n) is 4.75. The Morgan fingerprint density at radius 2 is 1.67 bits per heavy atom. The van der Waals surface area contributed by atoms with Gasteiger partial charge < -0.3 is 0 Å². The summed E-state index contributed by atoms with van der Waals surface area (Å²) in [4.78, 5) is 15.7. The number of halogens is 3. The van der Waals surface area contributed by atoms with Gasteiger partial charge in [-0.05, 0) is 24.3 Å². The second-order valence-corrected chi connectivity index (χ2v) is 4.75. The number of benzene rings is 1. The normalized spacial score (nSPS) is 12.0. The Morgan fingerprint density at radius 1 is 0.958 bits per heavy atom. The average molecular weight is 333 g/mol. The van der Waals surface area contributed by atoms with Crippen LogP contribution in [0.3, 0.4) is 0 Å². The molecule has 0 spiro atoms. The molecule has 24 heavy (non-hydrogen) atoms. The molecule has 0 bridgehead atoms. The van der Waals surface area contributed by atoms with E-state index in [0.29, 0.717) is 11.3 Å². The first-order valence-electron chi connectivity index (χ1n) is 6.76. The fourth-order valence-electron chi connectivity index (χ4n) is 2.08. The van der Waals surface area contributed by atoms with Gasteiger partial charge in [0, 0.05) is 18.0 Å². The smallest absolute Gasteiger partial charge is 0.295 e. The summed E-state index contributed by atoms with van der Waals surface area (Å²) in [6.07, 6.45) is -1.53. The van der Waals surface area contributed by atoms with Gasteiger partial charge in [0.15, 0.2) is 5.69 Å². The number of rotatable bonds is 3. The number of nitrogens with one attached hydrogen (secondary N) is 2. The summed E-state index contributed by atoms with van der Waals surface area (Å²) >= 11 is 0. The van der Waals surface area contributed by atoms with E-state index in [4.69, 9.17) is 0 Å². The number of nitrogens with zero attached hydrogens (tertiary/aromatic N) is 3. The number of H-pyrrole nitrogens is 2. The van der Waals surface area contributed by atoms with Crippen LogP contribution in [0, 0.1) is 0 Å². The molecule has 3 aromatic rings. The summed E-state index contributed by atoms with van der Waals surface area (Å²) in [5, 5.41) is 12.3. The van der Waals surface area contributed by atoms with Crippen LogP contribution in [0.1, 0.15) is 5.56 Å². The van der Waals surface area contributed by atoms with Crippen LogP contribution >= 0.6 is 0 Å². The molecule has 0 fully saturated rings. The Bertz CT molecular complexity index is 928. The van der Waals surface area contributed by atoms with Crippen molar-refractivity contribution in [2.45, 2.75) is 6.18 Å². The fraction of sp³-hybridized carbons (Fsp3) is 0.0667.